The van der Waals surface area contributed by atoms with Crippen molar-refractivity contribution in [2.24, 2.45) is 0 Å². The van der Waals surface area contributed by atoms with Gasteiger partial charge in [0.2, 0.25) is 0 Å². The number of benzene rings is 2. The maximum absolute atomic E-state index is 11.0. The third-order valence-electron chi connectivity index (χ3n) is 2.95. The molecular weight excluding hydrogens is 242 g/mol. The highest BCUT2D eigenvalue weighted by Gasteiger charge is 2.23. The molecule has 0 radical (unpaired) electrons. The van der Waals surface area contributed by atoms with E-state index in [1.807, 2.05) is 48.5 Å². The first-order valence-electron chi connectivity index (χ1n) is 5.98. The summed E-state index contributed by atoms with van der Waals surface area (Å²) in [4.78, 5) is 11.0. The van der Waals surface area contributed by atoms with E-state index in [0.29, 0.717) is 11.5 Å². The molecule has 98 valence electrons. The molecule has 0 spiro atoms. The minimum absolute atomic E-state index is 0.363. The molecule has 0 saturated carbocycles. The largest absolute Gasteiger partial charge is 0.463 e. The van der Waals surface area contributed by atoms with Gasteiger partial charge in [-0.3, -0.25) is 5.21 Å². The highest BCUT2D eigenvalue weighted by molar-refractivity contribution is 5.64. The standard InChI is InChI=1S/C15H15NO3/c17-15(18)16(19)14(13-9-5-2-6-10-13)11-12-7-3-1-4-8-12/h1-10,14,19H,11H2,(H,17,18). The first-order valence-corrected chi connectivity index (χ1v) is 5.98. The number of hydrogen-bond donors (Lipinski definition) is 2. The van der Waals surface area contributed by atoms with E-state index in [2.05, 4.69) is 0 Å². The second kappa shape index (κ2) is 6.02. The molecule has 4 nitrogen and oxygen atoms in total. The van der Waals surface area contributed by atoms with Crippen LogP contribution in [0, 0.1) is 0 Å². The van der Waals surface area contributed by atoms with Crippen LogP contribution < -0.4 is 0 Å². The van der Waals surface area contributed by atoms with Crippen molar-refractivity contribution in [1.29, 1.82) is 0 Å². The first kappa shape index (κ1) is 13.1. The van der Waals surface area contributed by atoms with E-state index in [-0.39, 0.29) is 0 Å². The summed E-state index contributed by atoms with van der Waals surface area (Å²) in [5.41, 5.74) is 1.73. The molecule has 0 saturated heterocycles. The number of carboxylic acid groups (broad SMARTS) is 1. The van der Waals surface area contributed by atoms with Gasteiger partial charge in [0, 0.05) is 0 Å². The van der Waals surface area contributed by atoms with Crippen LogP contribution in [-0.2, 0) is 6.42 Å². The summed E-state index contributed by atoms with van der Waals surface area (Å²) in [5, 5.41) is 19.1. The van der Waals surface area contributed by atoms with Crippen LogP contribution in [0.1, 0.15) is 17.2 Å². The monoisotopic (exact) mass is 257 g/mol. The van der Waals surface area contributed by atoms with Gasteiger partial charge in [-0.25, -0.2) is 4.79 Å². The Morgan fingerprint density at radius 1 is 1.00 bits per heavy atom. The maximum Gasteiger partial charge on any atom is 0.431 e. The molecule has 0 aromatic heterocycles. The van der Waals surface area contributed by atoms with E-state index in [9.17, 15) is 10.0 Å². The first-order chi connectivity index (χ1) is 9.18. The van der Waals surface area contributed by atoms with Crippen LogP contribution in [0.3, 0.4) is 0 Å². The normalized spacial score (nSPS) is 11.8. The molecule has 0 aliphatic carbocycles. The topological polar surface area (TPSA) is 60.8 Å². The molecule has 0 aliphatic rings. The van der Waals surface area contributed by atoms with Crippen LogP contribution >= 0.6 is 0 Å². The SMILES string of the molecule is O=C(O)N(O)C(Cc1ccccc1)c1ccccc1. The molecule has 2 aromatic rings. The van der Waals surface area contributed by atoms with Crippen molar-refractivity contribution in [1.82, 2.24) is 5.06 Å². The third-order valence-corrected chi connectivity index (χ3v) is 2.95. The molecule has 2 rings (SSSR count). The van der Waals surface area contributed by atoms with Gasteiger partial charge in [0.15, 0.2) is 0 Å². The summed E-state index contributed by atoms with van der Waals surface area (Å²) in [5.74, 6) is 0. The zero-order valence-electron chi connectivity index (χ0n) is 10.3. The average molecular weight is 257 g/mol. The maximum atomic E-state index is 11.0. The van der Waals surface area contributed by atoms with Crippen LogP contribution in [0.5, 0.6) is 0 Å². The van der Waals surface area contributed by atoms with Crippen LogP contribution in [0.25, 0.3) is 0 Å². The van der Waals surface area contributed by atoms with Crippen LogP contribution in [0.4, 0.5) is 4.79 Å². The summed E-state index contributed by atoms with van der Waals surface area (Å²) < 4.78 is 0. The Labute approximate surface area is 111 Å². The van der Waals surface area contributed by atoms with Gasteiger partial charge in [0.1, 0.15) is 0 Å². The third kappa shape index (κ3) is 3.33. The number of rotatable bonds is 4. The number of amides is 1. The molecule has 0 aliphatic heterocycles. The molecule has 1 unspecified atom stereocenters. The van der Waals surface area contributed by atoms with Gasteiger partial charge in [0.25, 0.3) is 0 Å². The fraction of sp³-hybridized carbons (Fsp3) is 0.133. The second-order valence-electron chi connectivity index (χ2n) is 4.24. The molecule has 2 N–H and O–H groups in total. The van der Waals surface area contributed by atoms with Gasteiger partial charge >= 0.3 is 6.09 Å². The van der Waals surface area contributed by atoms with Crippen molar-refractivity contribution >= 4 is 6.09 Å². The van der Waals surface area contributed by atoms with E-state index in [4.69, 9.17) is 5.11 Å². The number of nitrogens with zero attached hydrogens (tertiary/aromatic N) is 1. The zero-order valence-corrected chi connectivity index (χ0v) is 10.3. The Bertz CT molecular complexity index is 528. The van der Waals surface area contributed by atoms with Crippen LogP contribution in [-0.4, -0.2) is 21.5 Å². The lowest BCUT2D eigenvalue weighted by Crippen LogP contribution is -2.31. The summed E-state index contributed by atoms with van der Waals surface area (Å²) in [6.45, 7) is 0. The summed E-state index contributed by atoms with van der Waals surface area (Å²) in [7, 11) is 0. The van der Waals surface area contributed by atoms with Crippen molar-refractivity contribution in [3.63, 3.8) is 0 Å². The smallest absolute Gasteiger partial charge is 0.431 e. The van der Waals surface area contributed by atoms with Gasteiger partial charge in [-0.15, -0.1) is 0 Å². The fourth-order valence-electron chi connectivity index (χ4n) is 1.99. The van der Waals surface area contributed by atoms with Crippen molar-refractivity contribution < 1.29 is 15.1 Å². The number of hydroxylamine groups is 2. The minimum Gasteiger partial charge on any atom is -0.463 e. The van der Waals surface area contributed by atoms with Crippen LogP contribution in [0.15, 0.2) is 60.7 Å². The van der Waals surface area contributed by atoms with E-state index in [1.165, 1.54) is 0 Å². The minimum atomic E-state index is -1.36. The van der Waals surface area contributed by atoms with Crippen molar-refractivity contribution in [3.05, 3.63) is 71.8 Å². The van der Waals surface area contributed by atoms with Gasteiger partial charge in [-0.2, -0.15) is 5.06 Å². The molecule has 2 aromatic carbocycles. The van der Waals surface area contributed by atoms with Gasteiger partial charge in [-0.05, 0) is 17.5 Å². The molecule has 1 atom stereocenters. The lowest BCUT2D eigenvalue weighted by molar-refractivity contribution is -0.0976. The van der Waals surface area contributed by atoms with Crippen molar-refractivity contribution in [2.75, 3.05) is 0 Å². The Morgan fingerprint density at radius 2 is 1.53 bits per heavy atom. The average Bonchev–Trinajstić information content (AvgIpc) is 2.46. The molecule has 0 bridgehead atoms. The van der Waals surface area contributed by atoms with E-state index >= 15 is 0 Å². The summed E-state index contributed by atoms with van der Waals surface area (Å²) in [6.07, 6.45) is -0.932. The van der Waals surface area contributed by atoms with Crippen molar-refractivity contribution in [2.45, 2.75) is 12.5 Å². The fourth-order valence-corrected chi connectivity index (χ4v) is 1.99. The van der Waals surface area contributed by atoms with Crippen molar-refractivity contribution in [3.8, 4) is 0 Å². The summed E-state index contributed by atoms with van der Waals surface area (Å²) in [6, 6.07) is 18.0. The van der Waals surface area contributed by atoms with E-state index < -0.39 is 12.1 Å². The zero-order chi connectivity index (χ0) is 13.7. The molecule has 1 amide bonds. The van der Waals surface area contributed by atoms with Crippen LogP contribution in [0.2, 0.25) is 0 Å². The highest BCUT2D eigenvalue weighted by Crippen LogP contribution is 2.23. The number of hydrogen-bond acceptors (Lipinski definition) is 2. The Hall–Kier alpha value is -2.33. The van der Waals surface area contributed by atoms with E-state index in [1.54, 1.807) is 12.1 Å². The highest BCUT2D eigenvalue weighted by atomic mass is 16.6. The predicted octanol–water partition coefficient (Wildman–Crippen LogP) is 3.34. The molecule has 19 heavy (non-hydrogen) atoms. The molecule has 0 heterocycles. The van der Waals surface area contributed by atoms with Gasteiger partial charge in [0.05, 0.1) is 6.04 Å². The lowest BCUT2D eigenvalue weighted by atomic mass is 9.99. The number of carbonyl (C=O) groups is 1. The molecular formula is C15H15NO3. The Balaban J connectivity index is 2.27. The molecule has 4 heteroatoms. The van der Waals surface area contributed by atoms with Gasteiger partial charge < -0.3 is 5.11 Å². The Kier molecular flexibility index (Phi) is 4.15. The predicted molar refractivity (Wildman–Crippen MR) is 71.0 cm³/mol. The quantitative estimate of drug-likeness (QED) is 0.652. The Morgan fingerprint density at radius 3 is 2.05 bits per heavy atom. The summed E-state index contributed by atoms with van der Waals surface area (Å²) >= 11 is 0. The van der Waals surface area contributed by atoms with E-state index in [0.717, 1.165) is 11.1 Å². The second-order valence-corrected chi connectivity index (χ2v) is 4.24. The lowest BCUT2D eigenvalue weighted by Gasteiger charge is -2.24. The molecule has 0 fully saturated rings. The van der Waals surface area contributed by atoms with Gasteiger partial charge in [-0.1, -0.05) is 60.7 Å².